The number of carbonyl (C=O) groups excluding carboxylic acids is 1. The Kier molecular flexibility index (Phi) is 4.73. The maximum Gasteiger partial charge on any atom is 0.250 e. The molecule has 3 nitrogen and oxygen atoms in total. The van der Waals surface area contributed by atoms with Crippen LogP contribution in [0.5, 0.6) is 0 Å². The Morgan fingerprint density at radius 1 is 1.41 bits per heavy atom. The van der Waals surface area contributed by atoms with Crippen molar-refractivity contribution in [1.82, 2.24) is 5.32 Å². The van der Waals surface area contributed by atoms with Crippen molar-refractivity contribution in [1.29, 1.82) is 0 Å². The number of likely N-dealkylation sites (N-methyl/N-ethyl adjacent to an activating group) is 1. The Hall–Kier alpha value is -1.32. The minimum Gasteiger partial charge on any atom is -0.312 e. The van der Waals surface area contributed by atoms with Gasteiger partial charge in [0.1, 0.15) is 0 Å². The zero-order chi connectivity index (χ0) is 11.5. The predicted molar refractivity (Wildman–Crippen MR) is 72.5 cm³/mol. The summed E-state index contributed by atoms with van der Waals surface area (Å²) in [5, 5.41) is 3.30. The van der Waals surface area contributed by atoms with E-state index in [1.807, 2.05) is 26.1 Å². The summed E-state index contributed by atoms with van der Waals surface area (Å²) in [6.45, 7) is 3.59. The normalized spacial score (nSPS) is 13.3. The molecule has 17 heavy (non-hydrogen) atoms. The van der Waals surface area contributed by atoms with Crippen LogP contribution in [0.1, 0.15) is 18.1 Å². The Bertz CT molecular complexity index is 443. The molecule has 0 aromatic heterocycles. The van der Waals surface area contributed by atoms with Crippen molar-refractivity contribution in [2.75, 3.05) is 11.9 Å². The summed E-state index contributed by atoms with van der Waals surface area (Å²) in [7, 11) is 1.82. The van der Waals surface area contributed by atoms with E-state index < -0.39 is 0 Å². The Morgan fingerprint density at radius 2 is 2.18 bits per heavy atom. The van der Waals surface area contributed by atoms with E-state index in [1.54, 1.807) is 17.1 Å². The quantitative estimate of drug-likeness (QED) is 0.819. The zero-order valence-electron chi connectivity index (χ0n) is 10.1. The molecule has 1 N–H and O–H groups in total. The van der Waals surface area contributed by atoms with Crippen molar-refractivity contribution >= 4 is 24.0 Å². The number of benzene rings is 1. The van der Waals surface area contributed by atoms with Crippen LogP contribution in [0.4, 0.5) is 5.69 Å². The van der Waals surface area contributed by atoms with Gasteiger partial charge in [-0.2, -0.15) is 0 Å². The molecule has 1 aliphatic heterocycles. The highest BCUT2D eigenvalue weighted by Gasteiger charge is 2.18. The van der Waals surface area contributed by atoms with Crippen molar-refractivity contribution in [3.8, 4) is 0 Å². The molecule has 0 fully saturated rings. The summed E-state index contributed by atoms with van der Waals surface area (Å²) in [4.78, 5) is 13.5. The van der Waals surface area contributed by atoms with E-state index in [9.17, 15) is 4.79 Å². The van der Waals surface area contributed by atoms with Crippen LogP contribution < -0.4 is 10.2 Å². The number of hydrogen-bond donors (Lipinski definition) is 1. The van der Waals surface area contributed by atoms with E-state index in [1.165, 1.54) is 11.1 Å². The van der Waals surface area contributed by atoms with Crippen LogP contribution in [0.3, 0.4) is 0 Å². The lowest BCUT2D eigenvalue weighted by Crippen LogP contribution is -2.25. The number of carbonyl (C=O) groups is 1. The van der Waals surface area contributed by atoms with Gasteiger partial charge in [0.05, 0.1) is 0 Å². The highest BCUT2D eigenvalue weighted by atomic mass is 35.5. The van der Waals surface area contributed by atoms with Gasteiger partial charge in [0.2, 0.25) is 5.91 Å². The van der Waals surface area contributed by atoms with Crippen LogP contribution in [0.2, 0.25) is 0 Å². The minimum absolute atomic E-state index is 0. The molecule has 1 aromatic carbocycles. The highest BCUT2D eigenvalue weighted by molar-refractivity contribution is 6.01. The van der Waals surface area contributed by atoms with Gasteiger partial charge in [-0.15, -0.1) is 12.4 Å². The van der Waals surface area contributed by atoms with Crippen molar-refractivity contribution in [3.63, 3.8) is 0 Å². The second-order valence-corrected chi connectivity index (χ2v) is 3.92. The van der Waals surface area contributed by atoms with E-state index >= 15 is 0 Å². The molecule has 2 rings (SSSR count). The number of halogens is 1. The third-order valence-corrected chi connectivity index (χ3v) is 2.87. The average Bonchev–Trinajstić information content (AvgIpc) is 2.76. The minimum atomic E-state index is 0. The number of allylic oxidation sites excluding steroid dienone is 1. The zero-order valence-corrected chi connectivity index (χ0v) is 10.9. The molecule has 0 saturated carbocycles. The summed E-state index contributed by atoms with van der Waals surface area (Å²) >= 11 is 0. The van der Waals surface area contributed by atoms with Crippen molar-refractivity contribution in [2.45, 2.75) is 20.0 Å². The van der Waals surface area contributed by atoms with Gasteiger partial charge in [-0.3, -0.25) is 4.79 Å². The molecule has 0 spiro atoms. The number of anilines is 1. The molecule has 0 atom stereocenters. The number of nitrogens with one attached hydrogen (secondary N) is 1. The summed E-state index contributed by atoms with van der Waals surface area (Å²) in [6.07, 6.45) is 3.35. The fourth-order valence-electron chi connectivity index (χ4n) is 2.00. The lowest BCUT2D eigenvalue weighted by molar-refractivity contribution is -0.113. The smallest absolute Gasteiger partial charge is 0.250 e. The van der Waals surface area contributed by atoms with E-state index in [-0.39, 0.29) is 18.3 Å². The van der Waals surface area contributed by atoms with E-state index in [0.29, 0.717) is 0 Å². The molecular formula is C13H17ClN2O. The lowest BCUT2D eigenvalue weighted by Gasteiger charge is -2.18. The third-order valence-electron chi connectivity index (χ3n) is 2.87. The summed E-state index contributed by atoms with van der Waals surface area (Å²) in [5.41, 5.74) is 3.53. The Labute approximate surface area is 108 Å². The largest absolute Gasteiger partial charge is 0.312 e. The molecule has 0 aliphatic carbocycles. The molecule has 92 valence electrons. The SMILES string of the molecule is CC=CC(=O)N(C)c1cccc2c1CNC2.Cl. The maximum atomic E-state index is 11.8. The van der Waals surface area contributed by atoms with Gasteiger partial charge in [-0.05, 0) is 30.2 Å². The van der Waals surface area contributed by atoms with E-state index in [0.717, 1.165) is 18.8 Å². The number of hydrogen-bond acceptors (Lipinski definition) is 2. The summed E-state index contributed by atoms with van der Waals surface area (Å²) < 4.78 is 0. The van der Waals surface area contributed by atoms with Crippen LogP contribution in [0.25, 0.3) is 0 Å². The number of amides is 1. The van der Waals surface area contributed by atoms with Gasteiger partial charge in [-0.25, -0.2) is 0 Å². The van der Waals surface area contributed by atoms with Gasteiger partial charge in [-0.1, -0.05) is 18.2 Å². The topological polar surface area (TPSA) is 32.3 Å². The van der Waals surface area contributed by atoms with Crippen molar-refractivity contribution < 1.29 is 4.79 Å². The first kappa shape index (κ1) is 13.7. The van der Waals surface area contributed by atoms with Gasteiger partial charge >= 0.3 is 0 Å². The first-order valence-corrected chi connectivity index (χ1v) is 5.46. The van der Waals surface area contributed by atoms with Crippen molar-refractivity contribution in [2.24, 2.45) is 0 Å². The molecule has 0 radical (unpaired) electrons. The maximum absolute atomic E-state index is 11.8. The first-order valence-electron chi connectivity index (χ1n) is 5.46. The highest BCUT2D eigenvalue weighted by Crippen LogP contribution is 2.26. The molecule has 4 heteroatoms. The summed E-state index contributed by atoms with van der Waals surface area (Å²) in [6, 6.07) is 6.10. The molecule has 1 aromatic rings. The van der Waals surface area contributed by atoms with Crippen LogP contribution in [0.15, 0.2) is 30.4 Å². The average molecular weight is 253 g/mol. The number of rotatable bonds is 2. The fraction of sp³-hybridized carbons (Fsp3) is 0.308. The molecule has 0 saturated heterocycles. The van der Waals surface area contributed by atoms with Crippen LogP contribution in [0, 0.1) is 0 Å². The van der Waals surface area contributed by atoms with Gasteiger partial charge in [0.25, 0.3) is 0 Å². The molecule has 1 amide bonds. The van der Waals surface area contributed by atoms with Crippen LogP contribution in [-0.2, 0) is 17.9 Å². The van der Waals surface area contributed by atoms with Gasteiger partial charge < -0.3 is 10.2 Å². The van der Waals surface area contributed by atoms with Crippen LogP contribution >= 0.6 is 12.4 Å². The third kappa shape index (κ3) is 2.68. The fourth-order valence-corrected chi connectivity index (χ4v) is 2.00. The molecular weight excluding hydrogens is 236 g/mol. The molecule has 1 aliphatic rings. The predicted octanol–water partition coefficient (Wildman–Crippen LogP) is 2.25. The summed E-state index contributed by atoms with van der Waals surface area (Å²) in [5.74, 6) is 0.0165. The van der Waals surface area contributed by atoms with E-state index in [4.69, 9.17) is 0 Å². The molecule has 1 heterocycles. The second-order valence-electron chi connectivity index (χ2n) is 3.92. The standard InChI is InChI=1S/C13H16N2O.ClH/c1-3-5-13(16)15(2)12-7-4-6-10-8-14-9-11(10)12;/h3-7,14H,8-9H2,1-2H3;1H. The van der Waals surface area contributed by atoms with Gasteiger partial charge in [0, 0.05) is 25.8 Å². The van der Waals surface area contributed by atoms with Crippen LogP contribution in [-0.4, -0.2) is 13.0 Å². The molecule has 0 unspecified atom stereocenters. The van der Waals surface area contributed by atoms with Gasteiger partial charge in [0.15, 0.2) is 0 Å². The lowest BCUT2D eigenvalue weighted by atomic mass is 10.1. The first-order chi connectivity index (χ1) is 7.74. The number of nitrogens with zero attached hydrogens (tertiary/aromatic N) is 1. The molecule has 0 bridgehead atoms. The Balaban J connectivity index is 0.00000144. The Morgan fingerprint density at radius 3 is 2.88 bits per heavy atom. The monoisotopic (exact) mass is 252 g/mol. The number of fused-ring (bicyclic) bond motifs is 1. The van der Waals surface area contributed by atoms with Crippen molar-refractivity contribution in [3.05, 3.63) is 41.5 Å². The van der Waals surface area contributed by atoms with E-state index in [2.05, 4.69) is 11.4 Å². The second kappa shape index (κ2) is 5.84.